The molecule has 1 saturated heterocycles. The van der Waals surface area contributed by atoms with Gasteiger partial charge in [0.1, 0.15) is 0 Å². The third-order valence-electron chi connectivity index (χ3n) is 5.92. The molecule has 2 N–H and O–H groups in total. The van der Waals surface area contributed by atoms with Crippen LogP contribution < -0.4 is 10.6 Å². The lowest BCUT2D eigenvalue weighted by molar-refractivity contribution is -0.119. The van der Waals surface area contributed by atoms with E-state index >= 15 is 0 Å². The molecule has 28 heavy (non-hydrogen) atoms. The molecule has 1 heterocycles. The minimum absolute atomic E-state index is 0.0305. The second kappa shape index (κ2) is 10.6. The van der Waals surface area contributed by atoms with Gasteiger partial charge in [-0.2, -0.15) is 0 Å². The van der Waals surface area contributed by atoms with Gasteiger partial charge in [-0.3, -0.25) is 4.79 Å². The van der Waals surface area contributed by atoms with Crippen LogP contribution in [0.25, 0.3) is 0 Å². The van der Waals surface area contributed by atoms with E-state index in [4.69, 9.17) is 9.47 Å². The Morgan fingerprint density at radius 1 is 1.07 bits per heavy atom. The number of carbonyl (C=O) groups is 2. The van der Waals surface area contributed by atoms with Crippen molar-refractivity contribution in [3.8, 4) is 0 Å². The number of methoxy groups -OCH3 is 1. The fourth-order valence-corrected chi connectivity index (χ4v) is 4.44. The lowest BCUT2D eigenvalue weighted by atomic mass is 9.76. The summed E-state index contributed by atoms with van der Waals surface area (Å²) in [7, 11) is 1.62. The maximum Gasteiger partial charge on any atom is 0.338 e. The van der Waals surface area contributed by atoms with Crippen LogP contribution in [0.5, 0.6) is 0 Å². The van der Waals surface area contributed by atoms with Crippen LogP contribution in [0.3, 0.4) is 0 Å². The first-order chi connectivity index (χ1) is 13.7. The number of hydrogen-bond donors (Lipinski definition) is 2. The molecule has 1 aliphatic carbocycles. The minimum atomic E-state index is -0.358. The highest BCUT2D eigenvalue weighted by Crippen LogP contribution is 2.36. The number of ether oxygens (including phenoxy) is 2. The molecule has 2 fully saturated rings. The molecule has 1 aliphatic heterocycles. The van der Waals surface area contributed by atoms with Gasteiger partial charge < -0.3 is 20.1 Å². The smallest absolute Gasteiger partial charge is 0.338 e. The van der Waals surface area contributed by atoms with Crippen molar-refractivity contribution in [2.45, 2.75) is 51.0 Å². The Balaban J connectivity index is 1.51. The van der Waals surface area contributed by atoms with Crippen LogP contribution in [-0.2, 0) is 14.3 Å². The fourth-order valence-electron chi connectivity index (χ4n) is 4.44. The van der Waals surface area contributed by atoms with Crippen LogP contribution in [0.15, 0.2) is 24.3 Å². The zero-order chi connectivity index (χ0) is 19.8. The van der Waals surface area contributed by atoms with Crippen LogP contribution in [0.4, 0.5) is 5.69 Å². The lowest BCUT2D eigenvalue weighted by Crippen LogP contribution is -2.42. The van der Waals surface area contributed by atoms with Crippen molar-refractivity contribution < 1.29 is 19.1 Å². The predicted molar refractivity (Wildman–Crippen MR) is 108 cm³/mol. The van der Waals surface area contributed by atoms with Crippen molar-refractivity contribution in [2.75, 3.05) is 32.2 Å². The zero-order valence-corrected chi connectivity index (χ0v) is 16.7. The fraction of sp³-hybridized carbons (Fsp3) is 0.636. The summed E-state index contributed by atoms with van der Waals surface area (Å²) in [6.07, 6.45) is 8.16. The molecule has 0 bridgehead atoms. The Hall–Kier alpha value is -1.92. The molecule has 0 spiro atoms. The minimum Gasteiger partial charge on any atom is -0.462 e. The highest BCUT2D eigenvalue weighted by molar-refractivity contribution is 5.96. The quantitative estimate of drug-likeness (QED) is 0.527. The monoisotopic (exact) mass is 388 g/mol. The molecule has 1 amide bonds. The van der Waals surface area contributed by atoms with Gasteiger partial charge in [0.05, 0.1) is 18.2 Å². The van der Waals surface area contributed by atoms with E-state index in [-0.39, 0.29) is 17.9 Å². The van der Waals surface area contributed by atoms with Gasteiger partial charge in [-0.05, 0) is 49.1 Å². The van der Waals surface area contributed by atoms with E-state index < -0.39 is 0 Å². The number of nitrogens with one attached hydrogen (secondary N) is 2. The summed E-state index contributed by atoms with van der Waals surface area (Å²) >= 11 is 0. The summed E-state index contributed by atoms with van der Waals surface area (Å²) in [5, 5.41) is 6.40. The molecule has 6 heteroatoms. The van der Waals surface area contributed by atoms with E-state index in [1.54, 1.807) is 31.4 Å². The number of anilines is 1. The average Bonchev–Trinajstić information content (AvgIpc) is 3.22. The number of amides is 1. The van der Waals surface area contributed by atoms with Gasteiger partial charge >= 0.3 is 5.97 Å². The van der Waals surface area contributed by atoms with Gasteiger partial charge in [-0.25, -0.2) is 4.79 Å². The molecular formula is C22H32N2O4. The molecule has 1 aromatic carbocycles. The van der Waals surface area contributed by atoms with Crippen LogP contribution in [0.2, 0.25) is 0 Å². The largest absolute Gasteiger partial charge is 0.462 e. The summed E-state index contributed by atoms with van der Waals surface area (Å²) in [6.45, 7) is 1.81. The van der Waals surface area contributed by atoms with Crippen LogP contribution in [-0.4, -0.2) is 44.8 Å². The van der Waals surface area contributed by atoms with Crippen molar-refractivity contribution in [3.63, 3.8) is 0 Å². The van der Waals surface area contributed by atoms with Gasteiger partial charge in [-0.15, -0.1) is 0 Å². The Morgan fingerprint density at radius 2 is 1.82 bits per heavy atom. The first kappa shape index (κ1) is 20.8. The summed E-state index contributed by atoms with van der Waals surface area (Å²) in [4.78, 5) is 24.8. The van der Waals surface area contributed by atoms with Gasteiger partial charge in [0.2, 0.25) is 5.91 Å². The van der Waals surface area contributed by atoms with Gasteiger partial charge in [0.15, 0.2) is 0 Å². The molecular weight excluding hydrogens is 356 g/mol. The summed E-state index contributed by atoms with van der Waals surface area (Å²) in [6, 6.07) is 6.78. The van der Waals surface area contributed by atoms with Gasteiger partial charge in [-0.1, -0.05) is 32.1 Å². The van der Waals surface area contributed by atoms with Crippen LogP contribution in [0.1, 0.15) is 55.3 Å². The molecule has 2 aliphatic rings. The predicted octanol–water partition coefficient (Wildman–Crippen LogP) is 3.38. The molecule has 2 atom stereocenters. The molecule has 154 valence electrons. The summed E-state index contributed by atoms with van der Waals surface area (Å²) in [5.74, 6) is 0.767. The standard InChI is InChI=1S/C22H32N2O4/c1-27-14-5-15-28-22(26)17-8-10-18(11-9-17)24-21(25)20-19(12-13-23-20)16-6-3-2-4-7-16/h8-11,16,19-20,23H,2-7,12-15H2,1H3,(H,24,25)/t19?,20-/m0/s1. The van der Waals surface area contributed by atoms with Crippen LogP contribution in [0, 0.1) is 11.8 Å². The molecule has 1 aromatic rings. The molecule has 3 rings (SSSR count). The van der Waals surface area contributed by atoms with Crippen LogP contribution >= 0.6 is 0 Å². The second-order valence-electron chi connectivity index (χ2n) is 7.83. The normalized spacial score (nSPS) is 22.8. The SMILES string of the molecule is COCCCOC(=O)c1ccc(NC(=O)[C@H]2NCCC2C2CCCCC2)cc1. The Morgan fingerprint density at radius 3 is 2.54 bits per heavy atom. The summed E-state index contributed by atoms with van der Waals surface area (Å²) in [5.41, 5.74) is 1.19. The molecule has 1 unspecified atom stereocenters. The number of rotatable bonds is 8. The van der Waals surface area contributed by atoms with Crippen molar-refractivity contribution in [3.05, 3.63) is 29.8 Å². The van der Waals surface area contributed by atoms with E-state index in [2.05, 4.69) is 10.6 Å². The van der Waals surface area contributed by atoms with E-state index in [0.29, 0.717) is 42.7 Å². The van der Waals surface area contributed by atoms with Crippen molar-refractivity contribution in [2.24, 2.45) is 11.8 Å². The van der Waals surface area contributed by atoms with E-state index in [1.165, 1.54) is 32.1 Å². The maximum atomic E-state index is 12.8. The maximum absolute atomic E-state index is 12.8. The van der Waals surface area contributed by atoms with E-state index in [9.17, 15) is 9.59 Å². The highest BCUT2D eigenvalue weighted by Gasteiger charge is 2.38. The third kappa shape index (κ3) is 5.55. The molecule has 1 saturated carbocycles. The molecule has 0 aromatic heterocycles. The Labute approximate surface area is 167 Å². The summed E-state index contributed by atoms with van der Waals surface area (Å²) < 4.78 is 10.1. The second-order valence-corrected chi connectivity index (χ2v) is 7.83. The molecule has 6 nitrogen and oxygen atoms in total. The van der Waals surface area contributed by atoms with Crippen molar-refractivity contribution in [1.29, 1.82) is 0 Å². The van der Waals surface area contributed by atoms with E-state index in [0.717, 1.165) is 13.0 Å². The van der Waals surface area contributed by atoms with Gasteiger partial charge in [0.25, 0.3) is 0 Å². The number of hydrogen-bond acceptors (Lipinski definition) is 5. The first-order valence-corrected chi connectivity index (χ1v) is 10.5. The lowest BCUT2D eigenvalue weighted by Gasteiger charge is -2.30. The number of carbonyl (C=O) groups excluding carboxylic acids is 2. The van der Waals surface area contributed by atoms with Gasteiger partial charge in [0, 0.05) is 25.8 Å². The average molecular weight is 389 g/mol. The Kier molecular flexibility index (Phi) is 7.86. The number of benzene rings is 1. The zero-order valence-electron chi connectivity index (χ0n) is 16.7. The Bertz CT molecular complexity index is 640. The van der Waals surface area contributed by atoms with Crippen molar-refractivity contribution in [1.82, 2.24) is 5.32 Å². The third-order valence-corrected chi connectivity index (χ3v) is 5.92. The van der Waals surface area contributed by atoms with Crippen molar-refractivity contribution >= 4 is 17.6 Å². The first-order valence-electron chi connectivity index (χ1n) is 10.5. The highest BCUT2D eigenvalue weighted by atomic mass is 16.5. The number of esters is 1. The molecule has 0 radical (unpaired) electrons. The topological polar surface area (TPSA) is 76.7 Å². The van der Waals surface area contributed by atoms with E-state index in [1.807, 2.05) is 0 Å².